The Labute approximate surface area is 118 Å². The molecule has 3 aliphatic rings. The van der Waals surface area contributed by atoms with Crippen molar-refractivity contribution in [2.75, 3.05) is 11.5 Å². The Balaban J connectivity index is 1.91. The average molecular weight is 282 g/mol. The second kappa shape index (κ2) is 4.69. The molecule has 0 aromatic heterocycles. The van der Waals surface area contributed by atoms with Crippen molar-refractivity contribution in [2.24, 2.45) is 5.92 Å². The first-order valence-electron chi connectivity index (χ1n) is 7.30. The van der Waals surface area contributed by atoms with E-state index in [1.165, 1.54) is 0 Å². The number of nitrogens with one attached hydrogen (secondary N) is 1. The number of thioether (sulfide) groups is 1. The fourth-order valence-electron chi connectivity index (χ4n) is 3.41. The molecular weight excluding hydrogens is 260 g/mol. The number of hydrogen-bond donors (Lipinski definition) is 1. The molecule has 0 aromatic rings. The fourth-order valence-corrected chi connectivity index (χ4v) is 4.61. The highest BCUT2D eigenvalue weighted by atomic mass is 32.2. The van der Waals surface area contributed by atoms with Gasteiger partial charge in [0.1, 0.15) is 11.6 Å². The number of rotatable bonds is 3. The molecule has 0 radical (unpaired) electrons. The zero-order chi connectivity index (χ0) is 13.6. The van der Waals surface area contributed by atoms with E-state index in [-0.39, 0.29) is 23.9 Å². The predicted molar refractivity (Wildman–Crippen MR) is 75.9 cm³/mol. The summed E-state index contributed by atoms with van der Waals surface area (Å²) in [6.45, 7) is 3.91. The molecular formula is C14H22N2O2S. The summed E-state index contributed by atoms with van der Waals surface area (Å²) in [4.78, 5) is 27.2. The SMILES string of the molecule is CCC1C(=O)NC(C)(C2CC2)C(=O)N1C1CCSC1. The summed E-state index contributed by atoms with van der Waals surface area (Å²) in [5.74, 6) is 2.64. The lowest BCUT2D eigenvalue weighted by Crippen LogP contribution is -2.71. The number of hydrogen-bond acceptors (Lipinski definition) is 3. The third-order valence-corrected chi connectivity index (χ3v) is 5.92. The van der Waals surface area contributed by atoms with Gasteiger partial charge in [0.05, 0.1) is 0 Å². The number of carbonyl (C=O) groups is 2. The topological polar surface area (TPSA) is 49.4 Å². The van der Waals surface area contributed by atoms with Crippen LogP contribution in [-0.2, 0) is 9.59 Å². The van der Waals surface area contributed by atoms with Crippen molar-refractivity contribution in [1.29, 1.82) is 0 Å². The summed E-state index contributed by atoms with van der Waals surface area (Å²) in [5, 5.41) is 3.02. The minimum absolute atomic E-state index is 0.0494. The van der Waals surface area contributed by atoms with Crippen LogP contribution < -0.4 is 5.32 Å². The van der Waals surface area contributed by atoms with E-state index in [2.05, 4.69) is 5.32 Å². The third kappa shape index (κ3) is 2.06. The molecule has 3 rings (SSSR count). The Hall–Kier alpha value is -0.710. The minimum Gasteiger partial charge on any atom is -0.340 e. The zero-order valence-electron chi connectivity index (χ0n) is 11.6. The molecule has 1 aliphatic carbocycles. The predicted octanol–water partition coefficient (Wildman–Crippen LogP) is 1.40. The van der Waals surface area contributed by atoms with E-state index in [1.54, 1.807) is 0 Å². The van der Waals surface area contributed by atoms with E-state index in [1.807, 2.05) is 30.5 Å². The molecule has 1 saturated carbocycles. The summed E-state index contributed by atoms with van der Waals surface area (Å²) in [6, 6.07) is -0.00500. The molecule has 3 atom stereocenters. The largest absolute Gasteiger partial charge is 0.340 e. The molecule has 3 fully saturated rings. The highest BCUT2D eigenvalue weighted by Gasteiger charge is 2.56. The normalized spacial score (nSPS) is 39.6. The highest BCUT2D eigenvalue weighted by Crippen LogP contribution is 2.43. The van der Waals surface area contributed by atoms with E-state index in [4.69, 9.17) is 0 Å². The van der Waals surface area contributed by atoms with Crippen molar-refractivity contribution >= 4 is 23.6 Å². The molecule has 2 saturated heterocycles. The van der Waals surface area contributed by atoms with Crippen LogP contribution >= 0.6 is 11.8 Å². The summed E-state index contributed by atoms with van der Waals surface area (Å²) in [6.07, 6.45) is 3.86. The van der Waals surface area contributed by atoms with E-state index >= 15 is 0 Å². The molecule has 1 N–H and O–H groups in total. The summed E-state index contributed by atoms with van der Waals surface area (Å²) >= 11 is 1.89. The fraction of sp³-hybridized carbons (Fsp3) is 0.857. The van der Waals surface area contributed by atoms with Gasteiger partial charge in [0.2, 0.25) is 11.8 Å². The van der Waals surface area contributed by atoms with Gasteiger partial charge in [-0.15, -0.1) is 0 Å². The maximum absolute atomic E-state index is 12.9. The van der Waals surface area contributed by atoms with Crippen molar-refractivity contribution in [3.05, 3.63) is 0 Å². The number of piperazine rings is 1. The van der Waals surface area contributed by atoms with Gasteiger partial charge in [-0.25, -0.2) is 0 Å². The monoisotopic (exact) mass is 282 g/mol. The van der Waals surface area contributed by atoms with Crippen LogP contribution in [0.15, 0.2) is 0 Å². The quantitative estimate of drug-likeness (QED) is 0.851. The summed E-state index contributed by atoms with van der Waals surface area (Å²) in [5.41, 5.74) is -0.643. The van der Waals surface area contributed by atoms with Gasteiger partial charge in [0.15, 0.2) is 0 Å². The van der Waals surface area contributed by atoms with Gasteiger partial charge >= 0.3 is 0 Å². The molecule has 3 unspecified atom stereocenters. The van der Waals surface area contributed by atoms with Crippen molar-refractivity contribution in [3.8, 4) is 0 Å². The lowest BCUT2D eigenvalue weighted by Gasteiger charge is -2.47. The smallest absolute Gasteiger partial charge is 0.249 e. The molecule has 19 heavy (non-hydrogen) atoms. The molecule has 4 nitrogen and oxygen atoms in total. The van der Waals surface area contributed by atoms with Crippen LogP contribution in [0.5, 0.6) is 0 Å². The maximum atomic E-state index is 12.9. The van der Waals surface area contributed by atoms with Gasteiger partial charge in [0, 0.05) is 11.8 Å². The first-order valence-corrected chi connectivity index (χ1v) is 8.46. The van der Waals surface area contributed by atoms with Crippen LogP contribution in [0.25, 0.3) is 0 Å². The van der Waals surface area contributed by atoms with Gasteiger partial charge in [0.25, 0.3) is 0 Å². The summed E-state index contributed by atoms with van der Waals surface area (Å²) in [7, 11) is 0. The Morgan fingerprint density at radius 3 is 2.63 bits per heavy atom. The first kappa shape index (κ1) is 13.3. The van der Waals surface area contributed by atoms with Crippen molar-refractivity contribution in [3.63, 3.8) is 0 Å². The van der Waals surface area contributed by atoms with Crippen LogP contribution in [0.1, 0.15) is 39.5 Å². The van der Waals surface area contributed by atoms with Crippen molar-refractivity contribution in [1.82, 2.24) is 10.2 Å². The molecule has 0 aromatic carbocycles. The molecule has 2 heterocycles. The maximum Gasteiger partial charge on any atom is 0.249 e. The lowest BCUT2D eigenvalue weighted by molar-refractivity contribution is -0.157. The van der Waals surface area contributed by atoms with Crippen molar-refractivity contribution < 1.29 is 9.59 Å². The molecule has 2 amide bonds. The van der Waals surface area contributed by atoms with Gasteiger partial charge < -0.3 is 10.2 Å². The number of amides is 2. The third-order valence-electron chi connectivity index (χ3n) is 4.78. The van der Waals surface area contributed by atoms with Gasteiger partial charge in [-0.2, -0.15) is 11.8 Å². The molecule has 2 aliphatic heterocycles. The second-order valence-electron chi connectivity index (χ2n) is 6.12. The number of carbonyl (C=O) groups excluding carboxylic acids is 2. The van der Waals surface area contributed by atoms with Crippen LogP contribution in [0.4, 0.5) is 0 Å². The van der Waals surface area contributed by atoms with Gasteiger partial charge in [-0.05, 0) is 44.3 Å². The van der Waals surface area contributed by atoms with Crippen LogP contribution in [-0.4, -0.2) is 45.8 Å². The zero-order valence-corrected chi connectivity index (χ0v) is 12.5. The van der Waals surface area contributed by atoms with Crippen LogP contribution in [0.3, 0.4) is 0 Å². The van der Waals surface area contributed by atoms with E-state index in [0.717, 1.165) is 30.8 Å². The van der Waals surface area contributed by atoms with E-state index in [0.29, 0.717) is 12.3 Å². The van der Waals surface area contributed by atoms with Gasteiger partial charge in [-0.3, -0.25) is 9.59 Å². The number of nitrogens with zero attached hydrogens (tertiary/aromatic N) is 1. The Kier molecular flexibility index (Phi) is 3.28. The molecule has 0 bridgehead atoms. The van der Waals surface area contributed by atoms with Gasteiger partial charge in [-0.1, -0.05) is 6.92 Å². The van der Waals surface area contributed by atoms with Crippen molar-refractivity contribution in [2.45, 2.75) is 57.2 Å². The Bertz CT molecular complexity index is 404. The van der Waals surface area contributed by atoms with E-state index < -0.39 is 5.54 Å². The minimum atomic E-state index is -0.643. The Morgan fingerprint density at radius 1 is 1.37 bits per heavy atom. The first-order chi connectivity index (χ1) is 9.08. The summed E-state index contributed by atoms with van der Waals surface area (Å²) < 4.78 is 0. The van der Waals surface area contributed by atoms with E-state index in [9.17, 15) is 9.59 Å². The molecule has 106 valence electrons. The highest BCUT2D eigenvalue weighted by molar-refractivity contribution is 7.99. The molecule has 5 heteroatoms. The lowest BCUT2D eigenvalue weighted by atomic mass is 9.87. The van der Waals surface area contributed by atoms with Crippen LogP contribution in [0, 0.1) is 5.92 Å². The Morgan fingerprint density at radius 2 is 2.11 bits per heavy atom. The average Bonchev–Trinajstić information content (AvgIpc) is 3.11. The molecule has 0 spiro atoms. The van der Waals surface area contributed by atoms with Crippen LogP contribution in [0.2, 0.25) is 0 Å². The second-order valence-corrected chi connectivity index (χ2v) is 7.27. The standard InChI is InChI=1S/C14H22N2O2S/c1-3-11-12(17)15-14(2,9-4-5-9)13(18)16(11)10-6-7-19-8-10/h9-11H,3-8H2,1-2H3,(H,15,17).